The Morgan fingerprint density at radius 2 is 1.65 bits per heavy atom. The summed E-state index contributed by atoms with van der Waals surface area (Å²) in [6.45, 7) is 7.33. The summed E-state index contributed by atoms with van der Waals surface area (Å²) in [6.07, 6.45) is -1.02. The van der Waals surface area contributed by atoms with E-state index >= 15 is 0 Å². The topological polar surface area (TPSA) is 96.8 Å². The minimum absolute atomic E-state index is 0.0564. The number of benzene rings is 2. The maximum absolute atomic E-state index is 13.4. The number of piperazine rings is 1. The molecule has 1 N–H and O–H groups in total. The number of alkyl halides is 3. The molecule has 1 fully saturated rings. The molecule has 0 unspecified atom stereocenters. The van der Waals surface area contributed by atoms with Gasteiger partial charge in [0.15, 0.2) is 0 Å². The highest BCUT2D eigenvalue weighted by molar-refractivity contribution is 6.32. The fraction of sp³-hybridized carbons (Fsp3) is 0.438. The zero-order chi connectivity index (χ0) is 31.1. The van der Waals surface area contributed by atoms with Gasteiger partial charge in [-0.25, -0.2) is 9.69 Å². The summed E-state index contributed by atoms with van der Waals surface area (Å²) in [6, 6.07) is 14.1. The van der Waals surface area contributed by atoms with E-state index in [1.807, 2.05) is 42.2 Å². The van der Waals surface area contributed by atoms with Gasteiger partial charge in [0.2, 0.25) is 0 Å². The van der Waals surface area contributed by atoms with E-state index in [0.717, 1.165) is 55.4 Å². The minimum Gasteiger partial charge on any atom is -0.331 e. The maximum atomic E-state index is 13.4. The lowest BCUT2D eigenvalue weighted by Gasteiger charge is -2.35. The summed E-state index contributed by atoms with van der Waals surface area (Å²) in [5, 5.41) is 12.1. The van der Waals surface area contributed by atoms with Gasteiger partial charge in [0, 0.05) is 37.3 Å². The van der Waals surface area contributed by atoms with Crippen LogP contribution in [0.5, 0.6) is 0 Å². The normalized spacial score (nSPS) is 16.9. The molecule has 0 saturated carbocycles. The van der Waals surface area contributed by atoms with Crippen LogP contribution < -0.4 is 10.2 Å². The number of rotatable bonds is 10. The number of hydrogen-bond acceptors (Lipinski definition) is 5. The molecule has 0 bridgehead atoms. The van der Waals surface area contributed by atoms with E-state index < -0.39 is 29.1 Å². The number of halogens is 3. The highest BCUT2D eigenvalue weighted by Gasteiger charge is 2.39. The van der Waals surface area contributed by atoms with Crippen molar-refractivity contribution >= 4 is 23.5 Å². The molecule has 0 spiro atoms. The molecular formula is C32H36F3N5O3. The molecule has 4 rings (SSSR count). The van der Waals surface area contributed by atoms with E-state index in [-0.39, 0.29) is 23.3 Å². The second kappa shape index (κ2) is 13.9. The number of nitrogens with zero attached hydrogens (tertiary/aromatic N) is 4. The first kappa shape index (κ1) is 31.8. The Labute approximate surface area is 249 Å². The fourth-order valence-corrected chi connectivity index (χ4v) is 5.48. The first-order chi connectivity index (χ1) is 20.5. The van der Waals surface area contributed by atoms with Crippen molar-refractivity contribution in [1.82, 2.24) is 15.1 Å². The third-order valence-electron chi connectivity index (χ3n) is 8.08. The number of nitriles is 1. The van der Waals surface area contributed by atoms with Gasteiger partial charge in [0.05, 0.1) is 28.9 Å². The molecule has 43 heavy (non-hydrogen) atoms. The summed E-state index contributed by atoms with van der Waals surface area (Å²) in [4.78, 5) is 43.4. The molecule has 11 heteroatoms. The van der Waals surface area contributed by atoms with Gasteiger partial charge in [-0.05, 0) is 63.4 Å². The second-order valence-corrected chi connectivity index (χ2v) is 11.0. The molecule has 4 amide bonds. The van der Waals surface area contributed by atoms with Crippen LogP contribution in [-0.2, 0) is 15.8 Å². The van der Waals surface area contributed by atoms with E-state index in [1.54, 1.807) is 0 Å². The van der Waals surface area contributed by atoms with Crippen LogP contribution in [0.4, 0.5) is 23.7 Å². The number of carbonyl (C=O) groups excluding carboxylic acids is 3. The predicted octanol–water partition coefficient (Wildman–Crippen LogP) is 5.81. The quantitative estimate of drug-likeness (QED) is 0.277. The van der Waals surface area contributed by atoms with E-state index in [1.165, 1.54) is 19.1 Å². The number of nitrogens with one attached hydrogen (secondary N) is 1. The van der Waals surface area contributed by atoms with Crippen LogP contribution >= 0.6 is 0 Å². The van der Waals surface area contributed by atoms with Crippen LogP contribution in [0, 0.1) is 11.3 Å². The van der Waals surface area contributed by atoms with Crippen LogP contribution in [0.15, 0.2) is 59.7 Å². The van der Waals surface area contributed by atoms with E-state index in [0.29, 0.717) is 37.6 Å². The predicted molar refractivity (Wildman–Crippen MR) is 156 cm³/mol. The van der Waals surface area contributed by atoms with Crippen molar-refractivity contribution in [3.8, 4) is 6.07 Å². The molecule has 1 atom stereocenters. The van der Waals surface area contributed by atoms with Crippen molar-refractivity contribution in [1.29, 1.82) is 5.26 Å². The van der Waals surface area contributed by atoms with Crippen molar-refractivity contribution in [3.05, 3.63) is 76.4 Å². The summed E-state index contributed by atoms with van der Waals surface area (Å²) < 4.78 is 40.2. The Kier molecular flexibility index (Phi) is 10.2. The van der Waals surface area contributed by atoms with Gasteiger partial charge in [-0.1, -0.05) is 43.2 Å². The van der Waals surface area contributed by atoms with Crippen LogP contribution in [0.2, 0.25) is 0 Å². The molecular weight excluding hydrogens is 559 g/mol. The Morgan fingerprint density at radius 1 is 0.977 bits per heavy atom. The van der Waals surface area contributed by atoms with Gasteiger partial charge < -0.3 is 10.2 Å². The number of unbranched alkanes of at least 4 members (excludes halogenated alkanes) is 3. The highest BCUT2D eigenvalue weighted by Crippen LogP contribution is 2.37. The van der Waals surface area contributed by atoms with Crippen LogP contribution in [0.1, 0.15) is 68.7 Å². The van der Waals surface area contributed by atoms with Crippen molar-refractivity contribution in [2.24, 2.45) is 0 Å². The first-order valence-corrected chi connectivity index (χ1v) is 14.5. The van der Waals surface area contributed by atoms with Crippen LogP contribution in [0.25, 0.3) is 0 Å². The zero-order valence-electron chi connectivity index (χ0n) is 24.4. The van der Waals surface area contributed by atoms with Gasteiger partial charge in [0.25, 0.3) is 11.8 Å². The zero-order valence-corrected chi connectivity index (χ0v) is 24.4. The largest absolute Gasteiger partial charge is 0.417 e. The minimum atomic E-state index is -4.79. The number of imide groups is 1. The van der Waals surface area contributed by atoms with Gasteiger partial charge in [-0.2, -0.15) is 18.4 Å². The smallest absolute Gasteiger partial charge is 0.331 e. The first-order valence-electron chi connectivity index (χ1n) is 14.5. The lowest BCUT2D eigenvalue weighted by atomic mass is 10.0. The molecule has 0 radical (unpaired) electrons. The van der Waals surface area contributed by atoms with E-state index in [9.17, 15) is 27.6 Å². The standard InChI is InChI=1S/C32H36F3N5O3/c1-22-27(30(42)40(29(22)41)26-14-13-25(21-36)28(20-26)32(33,34)35)12-8-3-4-9-15-38-16-18-39(19-17-38)31(43)37-23(2)24-10-6-5-7-11-24/h5-7,10-11,13-14,20,23H,3-4,8-9,12,15-19H2,1-2H3,(H,37,43)/t23-/m1/s1. The van der Waals surface area contributed by atoms with Crippen LogP contribution in [0.3, 0.4) is 0 Å². The fourth-order valence-electron chi connectivity index (χ4n) is 5.48. The molecule has 1 saturated heterocycles. The third kappa shape index (κ3) is 7.62. The van der Waals surface area contributed by atoms with Crippen LogP contribution in [-0.4, -0.2) is 60.4 Å². The number of urea groups is 1. The number of amides is 4. The van der Waals surface area contributed by atoms with Crippen molar-refractivity contribution < 1.29 is 27.6 Å². The van der Waals surface area contributed by atoms with Crippen molar-refractivity contribution in [2.75, 3.05) is 37.6 Å². The lowest BCUT2D eigenvalue weighted by Crippen LogP contribution is -2.52. The SMILES string of the molecule is CC1=C(CCCCCCN2CCN(C(=O)N[C@H](C)c3ccccc3)CC2)C(=O)N(c2ccc(C#N)c(C(F)(F)F)c2)C1=O. The van der Waals surface area contributed by atoms with Crippen molar-refractivity contribution in [2.45, 2.75) is 58.2 Å². The monoisotopic (exact) mass is 595 g/mol. The highest BCUT2D eigenvalue weighted by atomic mass is 19.4. The summed E-state index contributed by atoms with van der Waals surface area (Å²) in [5.74, 6) is -1.25. The van der Waals surface area contributed by atoms with Gasteiger partial charge in [-0.3, -0.25) is 14.5 Å². The average Bonchev–Trinajstić information content (AvgIpc) is 3.21. The Morgan fingerprint density at radius 3 is 2.30 bits per heavy atom. The molecule has 2 aromatic rings. The lowest BCUT2D eigenvalue weighted by molar-refractivity contribution is -0.138. The third-order valence-corrected chi connectivity index (χ3v) is 8.08. The van der Waals surface area contributed by atoms with Gasteiger partial charge in [0.1, 0.15) is 0 Å². The van der Waals surface area contributed by atoms with E-state index in [2.05, 4.69) is 10.2 Å². The number of hydrogen-bond donors (Lipinski definition) is 1. The Balaban J connectivity index is 1.17. The molecule has 2 aliphatic heterocycles. The maximum Gasteiger partial charge on any atom is 0.417 e. The molecule has 228 valence electrons. The van der Waals surface area contributed by atoms with Gasteiger partial charge >= 0.3 is 12.2 Å². The van der Waals surface area contributed by atoms with Gasteiger partial charge in [-0.15, -0.1) is 0 Å². The average molecular weight is 596 g/mol. The molecule has 2 heterocycles. The molecule has 0 aliphatic carbocycles. The van der Waals surface area contributed by atoms with Crippen molar-refractivity contribution in [3.63, 3.8) is 0 Å². The summed E-state index contributed by atoms with van der Waals surface area (Å²) in [5.41, 5.74) is -0.323. The summed E-state index contributed by atoms with van der Waals surface area (Å²) >= 11 is 0. The summed E-state index contributed by atoms with van der Waals surface area (Å²) in [7, 11) is 0. The number of anilines is 1. The Bertz CT molecular complexity index is 1410. The Hall–Kier alpha value is -4.17. The second-order valence-electron chi connectivity index (χ2n) is 11.0. The molecule has 2 aliphatic rings. The van der Waals surface area contributed by atoms with E-state index in [4.69, 9.17) is 5.26 Å². The number of carbonyl (C=O) groups is 3. The molecule has 8 nitrogen and oxygen atoms in total. The molecule has 0 aromatic heterocycles. The molecule has 2 aromatic carbocycles.